The summed E-state index contributed by atoms with van der Waals surface area (Å²) in [5.41, 5.74) is 0. The topological polar surface area (TPSA) is 92.6 Å². The van der Waals surface area contributed by atoms with Crippen LogP contribution in [0.1, 0.15) is 9.67 Å². The lowest BCUT2D eigenvalue weighted by Gasteiger charge is -2.25. The number of aromatic nitrogens is 2. The van der Waals surface area contributed by atoms with Gasteiger partial charge in [-0.15, -0.1) is 5.10 Å². The molecule has 2 atom stereocenters. The highest BCUT2D eigenvalue weighted by Gasteiger charge is 2.38. The van der Waals surface area contributed by atoms with Crippen molar-refractivity contribution < 1.29 is 19.4 Å². The molecule has 7 nitrogen and oxygen atoms in total. The minimum absolute atomic E-state index is 0.137. The van der Waals surface area contributed by atoms with Crippen LogP contribution < -0.4 is 0 Å². The summed E-state index contributed by atoms with van der Waals surface area (Å²) in [6.45, 7) is 0.379. The van der Waals surface area contributed by atoms with Crippen molar-refractivity contribution in [2.24, 2.45) is 5.92 Å². The average Bonchev–Trinajstić information content (AvgIpc) is 2.97. The van der Waals surface area contributed by atoms with E-state index in [1.807, 2.05) is 0 Å². The molecule has 92 valence electrons. The van der Waals surface area contributed by atoms with Gasteiger partial charge in [0, 0.05) is 7.05 Å². The van der Waals surface area contributed by atoms with Gasteiger partial charge in [-0.05, 0) is 11.5 Å². The zero-order chi connectivity index (χ0) is 12.4. The van der Waals surface area contributed by atoms with Crippen molar-refractivity contribution in [3.8, 4) is 0 Å². The van der Waals surface area contributed by atoms with Crippen LogP contribution in [0.4, 0.5) is 0 Å². The Morgan fingerprint density at radius 2 is 2.35 bits per heavy atom. The Balaban J connectivity index is 2.12. The number of carboxylic acids is 1. The van der Waals surface area contributed by atoms with Gasteiger partial charge in [-0.3, -0.25) is 9.59 Å². The van der Waals surface area contributed by atoms with E-state index in [0.717, 1.165) is 11.5 Å². The number of carboxylic acid groups (broad SMARTS) is 1. The molecule has 0 spiro atoms. The number of likely N-dealkylation sites (N-methyl/N-ethyl adjacent to an activating group) is 1. The molecule has 1 aromatic rings. The molecule has 0 bridgehead atoms. The maximum Gasteiger partial charge on any atom is 0.311 e. The summed E-state index contributed by atoms with van der Waals surface area (Å²) in [6.07, 6.45) is 1.37. The molecule has 8 heteroatoms. The standard InChI is InChI=1S/C9H11N3O4S/c1-12(8(13)7-2-10-11-17-7)6-4-16-3-5(6)9(14)15/h2,5-6H,3-4H2,1H3,(H,14,15). The first-order chi connectivity index (χ1) is 8.11. The van der Waals surface area contributed by atoms with Crippen LogP contribution in [0.15, 0.2) is 6.20 Å². The number of hydrogen-bond acceptors (Lipinski definition) is 6. The van der Waals surface area contributed by atoms with Gasteiger partial charge in [0.2, 0.25) is 0 Å². The molecule has 1 N–H and O–H groups in total. The largest absolute Gasteiger partial charge is 0.481 e. The molecule has 2 rings (SSSR count). The molecular formula is C9H11N3O4S. The lowest BCUT2D eigenvalue weighted by Crippen LogP contribution is -2.43. The van der Waals surface area contributed by atoms with Crippen molar-refractivity contribution >= 4 is 23.4 Å². The van der Waals surface area contributed by atoms with Gasteiger partial charge < -0.3 is 14.7 Å². The highest BCUT2D eigenvalue weighted by atomic mass is 32.1. The first-order valence-corrected chi connectivity index (χ1v) is 5.73. The first kappa shape index (κ1) is 11.9. The summed E-state index contributed by atoms with van der Waals surface area (Å²) in [7, 11) is 1.57. The third-order valence-electron chi connectivity index (χ3n) is 2.76. The number of aliphatic carboxylic acids is 1. The molecule has 2 unspecified atom stereocenters. The third-order valence-corrected chi connectivity index (χ3v) is 3.41. The van der Waals surface area contributed by atoms with E-state index in [-0.39, 0.29) is 19.1 Å². The monoisotopic (exact) mass is 257 g/mol. The minimum Gasteiger partial charge on any atom is -0.481 e. The van der Waals surface area contributed by atoms with Crippen LogP contribution in [0.3, 0.4) is 0 Å². The number of carbonyl (C=O) groups is 2. The first-order valence-electron chi connectivity index (χ1n) is 4.96. The molecule has 1 aliphatic heterocycles. The molecule has 1 fully saturated rings. The lowest BCUT2D eigenvalue weighted by atomic mass is 10.0. The molecule has 0 aromatic carbocycles. The smallest absolute Gasteiger partial charge is 0.311 e. The maximum atomic E-state index is 12.0. The lowest BCUT2D eigenvalue weighted by molar-refractivity contribution is -0.142. The zero-order valence-corrected chi connectivity index (χ0v) is 9.88. The van der Waals surface area contributed by atoms with Crippen molar-refractivity contribution in [1.29, 1.82) is 0 Å². The highest BCUT2D eigenvalue weighted by Crippen LogP contribution is 2.21. The van der Waals surface area contributed by atoms with Gasteiger partial charge in [0.25, 0.3) is 5.91 Å². The summed E-state index contributed by atoms with van der Waals surface area (Å²) in [4.78, 5) is 24.7. The number of amides is 1. The molecule has 1 saturated heterocycles. The fourth-order valence-electron chi connectivity index (χ4n) is 1.75. The number of nitrogens with zero attached hydrogens (tertiary/aromatic N) is 3. The van der Waals surface area contributed by atoms with Crippen molar-refractivity contribution in [2.75, 3.05) is 20.3 Å². The van der Waals surface area contributed by atoms with E-state index in [1.54, 1.807) is 7.05 Å². The normalized spacial score (nSPS) is 23.6. The Morgan fingerprint density at radius 3 is 2.94 bits per heavy atom. The summed E-state index contributed by atoms with van der Waals surface area (Å²) >= 11 is 0.987. The van der Waals surface area contributed by atoms with E-state index in [0.29, 0.717) is 4.88 Å². The highest BCUT2D eigenvalue weighted by molar-refractivity contribution is 7.07. The van der Waals surface area contributed by atoms with Crippen LogP contribution in [-0.4, -0.2) is 57.8 Å². The Hall–Kier alpha value is -1.54. The van der Waals surface area contributed by atoms with Crippen molar-refractivity contribution in [3.05, 3.63) is 11.1 Å². The Bertz CT molecular complexity index is 422. The quantitative estimate of drug-likeness (QED) is 0.799. The van der Waals surface area contributed by atoms with Gasteiger partial charge in [-0.25, -0.2) is 0 Å². The Morgan fingerprint density at radius 1 is 1.59 bits per heavy atom. The number of carbonyl (C=O) groups excluding carboxylic acids is 1. The van der Waals surface area contributed by atoms with Gasteiger partial charge in [0.15, 0.2) is 0 Å². The second kappa shape index (κ2) is 4.76. The predicted molar refractivity (Wildman–Crippen MR) is 57.7 cm³/mol. The van der Waals surface area contributed by atoms with Gasteiger partial charge in [0.05, 0.1) is 25.5 Å². The fraction of sp³-hybridized carbons (Fsp3) is 0.556. The molecule has 17 heavy (non-hydrogen) atoms. The number of rotatable bonds is 3. The van der Waals surface area contributed by atoms with Crippen LogP contribution in [0.2, 0.25) is 0 Å². The summed E-state index contributed by atoms with van der Waals surface area (Å²) in [5.74, 6) is -1.90. The van der Waals surface area contributed by atoms with Gasteiger partial charge in [-0.2, -0.15) is 0 Å². The van der Waals surface area contributed by atoms with Gasteiger partial charge in [0.1, 0.15) is 10.8 Å². The molecule has 0 aliphatic carbocycles. The maximum absolute atomic E-state index is 12.0. The van der Waals surface area contributed by atoms with Gasteiger partial charge >= 0.3 is 5.97 Å². The molecule has 1 aromatic heterocycles. The second-order valence-electron chi connectivity index (χ2n) is 3.75. The SMILES string of the molecule is CN(C(=O)c1cnns1)C1COCC1C(=O)O. The molecule has 0 saturated carbocycles. The van der Waals surface area contributed by atoms with E-state index in [9.17, 15) is 9.59 Å². The molecule has 0 radical (unpaired) electrons. The summed E-state index contributed by atoms with van der Waals surface area (Å²) < 4.78 is 8.72. The van der Waals surface area contributed by atoms with Gasteiger partial charge in [-0.1, -0.05) is 4.49 Å². The predicted octanol–water partition coefficient (Wildman–Crippen LogP) is -0.290. The molecule has 2 heterocycles. The molecule has 1 amide bonds. The van der Waals surface area contributed by atoms with E-state index in [2.05, 4.69) is 9.59 Å². The number of ether oxygens (including phenoxy) is 1. The molecule has 1 aliphatic rings. The summed E-state index contributed by atoms with van der Waals surface area (Å²) in [6, 6.07) is -0.443. The fourth-order valence-corrected chi connectivity index (χ4v) is 2.25. The van der Waals surface area contributed by atoms with Crippen LogP contribution in [-0.2, 0) is 9.53 Å². The average molecular weight is 257 g/mol. The van der Waals surface area contributed by atoms with Crippen LogP contribution in [0.25, 0.3) is 0 Å². The summed E-state index contributed by atoms with van der Waals surface area (Å²) in [5, 5.41) is 12.6. The van der Waals surface area contributed by atoms with E-state index in [4.69, 9.17) is 9.84 Å². The Kier molecular flexibility index (Phi) is 3.34. The van der Waals surface area contributed by atoms with Crippen LogP contribution in [0, 0.1) is 5.92 Å². The van der Waals surface area contributed by atoms with Crippen molar-refractivity contribution in [2.45, 2.75) is 6.04 Å². The van der Waals surface area contributed by atoms with Crippen LogP contribution in [0.5, 0.6) is 0 Å². The van der Waals surface area contributed by atoms with Crippen molar-refractivity contribution in [1.82, 2.24) is 14.5 Å². The second-order valence-corrected chi connectivity index (χ2v) is 4.53. The molecular weight excluding hydrogens is 246 g/mol. The van der Waals surface area contributed by atoms with E-state index >= 15 is 0 Å². The zero-order valence-electron chi connectivity index (χ0n) is 9.07. The Labute approximate surface area is 101 Å². The van der Waals surface area contributed by atoms with E-state index < -0.39 is 17.9 Å². The third kappa shape index (κ3) is 2.27. The number of hydrogen-bond donors (Lipinski definition) is 1. The minimum atomic E-state index is -0.949. The van der Waals surface area contributed by atoms with E-state index in [1.165, 1.54) is 11.1 Å². The van der Waals surface area contributed by atoms with Crippen LogP contribution >= 0.6 is 11.5 Å². The van der Waals surface area contributed by atoms with Crippen molar-refractivity contribution in [3.63, 3.8) is 0 Å².